The van der Waals surface area contributed by atoms with Crippen LogP contribution in [0.2, 0.25) is 0 Å². The largest absolute Gasteiger partial charge is 0.463 e. The molecule has 0 radical (unpaired) electrons. The maximum atomic E-state index is 12.7. The standard InChI is InChI=1S/C20H32O2.C16H26O3.C12H22O2.C10H16O4/c1-5-19(3,4)18(21)22-20(6-2)11-14-10-15(20)17-13-8-7-12(9-13)16(14)17;1-4-14(2,3)13(17)19-16-8-11-5-12(9-16)7-15(18,6-11)10-16;1-5-11(2,3)10(13)14-12(4)8-6-7-9-12;1-4-10(2,3)9(12)14-7-5-6-13-8(7)11/h12-17H,5-11H2,1-4H3;11-12,18H,4-10H2,1-3H3;5-9H2,1-4H3;7H,4-6H2,1-3H3. The fourth-order valence-corrected chi connectivity index (χ4v) is 14.2. The van der Waals surface area contributed by atoms with Crippen molar-refractivity contribution in [2.45, 2.75) is 260 Å². The summed E-state index contributed by atoms with van der Waals surface area (Å²) in [7, 11) is 0. The van der Waals surface area contributed by atoms with Crippen LogP contribution in [-0.2, 0) is 47.7 Å². The SMILES string of the molecule is CCC(C)(C)C(=O)OC1(C)CCCC1.CCC(C)(C)C(=O)OC1(CC)CC2CC1C1C3CCC(C3)C21.CCC(C)(C)C(=O)OC12CC3CC(CC(O)(C3)C1)C2.CCC(C)(C)C(=O)OC1CCOC1=O. The Bertz CT molecular complexity index is 1840. The van der Waals surface area contributed by atoms with Crippen LogP contribution in [0.5, 0.6) is 0 Å². The number of hydrogen-bond acceptors (Lipinski definition) is 11. The van der Waals surface area contributed by atoms with E-state index in [1.807, 2.05) is 62.3 Å². The van der Waals surface area contributed by atoms with Crippen molar-refractivity contribution in [3.63, 3.8) is 0 Å². The lowest BCUT2D eigenvalue weighted by molar-refractivity contribution is -0.225. The minimum absolute atomic E-state index is 0.0376. The molecule has 10 rings (SSSR count). The summed E-state index contributed by atoms with van der Waals surface area (Å²) in [4.78, 5) is 59.5. The molecule has 9 saturated carbocycles. The molecule has 10 unspecified atom stereocenters. The number of carbonyl (C=O) groups excluding carboxylic acids is 5. The van der Waals surface area contributed by atoms with E-state index in [4.69, 9.17) is 23.7 Å². The van der Waals surface area contributed by atoms with Gasteiger partial charge in [-0.05, 0) is 226 Å². The van der Waals surface area contributed by atoms with E-state index in [-0.39, 0.29) is 51.5 Å². The molecule has 0 spiro atoms. The summed E-state index contributed by atoms with van der Waals surface area (Å²) < 4.78 is 27.7. The van der Waals surface area contributed by atoms with Crippen LogP contribution in [0.15, 0.2) is 0 Å². The number of carbonyl (C=O) groups is 5. The molecule has 69 heavy (non-hydrogen) atoms. The van der Waals surface area contributed by atoms with Crippen LogP contribution < -0.4 is 0 Å². The third kappa shape index (κ3) is 11.9. The van der Waals surface area contributed by atoms with Crippen molar-refractivity contribution >= 4 is 29.8 Å². The molecular weight excluding hydrogens is 873 g/mol. The van der Waals surface area contributed by atoms with Crippen LogP contribution in [0.3, 0.4) is 0 Å². The predicted molar refractivity (Wildman–Crippen MR) is 266 cm³/mol. The zero-order valence-electron chi connectivity index (χ0n) is 45.8. The summed E-state index contributed by atoms with van der Waals surface area (Å²) in [6, 6.07) is 0. The van der Waals surface area contributed by atoms with Gasteiger partial charge in [-0.2, -0.15) is 0 Å². The Kier molecular flexibility index (Phi) is 16.7. The van der Waals surface area contributed by atoms with E-state index < -0.39 is 28.5 Å². The van der Waals surface area contributed by atoms with Crippen LogP contribution >= 0.6 is 0 Å². The quantitative estimate of drug-likeness (QED) is 0.107. The Morgan fingerprint density at radius 1 is 0.609 bits per heavy atom. The number of rotatable bonds is 13. The van der Waals surface area contributed by atoms with Crippen molar-refractivity contribution in [1.29, 1.82) is 0 Å². The Hall–Kier alpha value is -2.69. The molecular formula is C58H96O11. The van der Waals surface area contributed by atoms with Crippen LogP contribution in [0, 0.1) is 69.0 Å². The number of fused-ring (bicyclic) bond motifs is 9. The van der Waals surface area contributed by atoms with Gasteiger partial charge in [0.2, 0.25) is 6.10 Å². The van der Waals surface area contributed by atoms with E-state index in [1.165, 1.54) is 44.9 Å². The first kappa shape index (κ1) is 55.6. The van der Waals surface area contributed by atoms with Crippen molar-refractivity contribution in [2.24, 2.45) is 69.0 Å². The van der Waals surface area contributed by atoms with Crippen molar-refractivity contribution in [3.05, 3.63) is 0 Å². The van der Waals surface area contributed by atoms with Crippen molar-refractivity contribution in [3.8, 4) is 0 Å². The highest BCUT2D eigenvalue weighted by molar-refractivity contribution is 5.83. The predicted octanol–water partition coefficient (Wildman–Crippen LogP) is 12.4. The first-order chi connectivity index (χ1) is 32.0. The number of ether oxygens (including phenoxy) is 5. The highest BCUT2D eigenvalue weighted by Crippen LogP contribution is 2.71. The van der Waals surface area contributed by atoms with E-state index in [9.17, 15) is 29.1 Å². The molecule has 0 aromatic rings. The monoisotopic (exact) mass is 969 g/mol. The molecule has 8 bridgehead atoms. The molecule has 1 aliphatic heterocycles. The fraction of sp³-hybridized carbons (Fsp3) is 0.914. The lowest BCUT2D eigenvalue weighted by Crippen LogP contribution is -2.61. The van der Waals surface area contributed by atoms with Gasteiger partial charge in [0, 0.05) is 18.8 Å². The molecule has 10 fully saturated rings. The van der Waals surface area contributed by atoms with E-state index in [0.29, 0.717) is 43.6 Å². The molecule has 11 heteroatoms. The summed E-state index contributed by atoms with van der Waals surface area (Å²) in [5.41, 5.74) is -2.81. The number of cyclic esters (lactones) is 1. The van der Waals surface area contributed by atoms with Gasteiger partial charge in [0.15, 0.2) is 0 Å². The summed E-state index contributed by atoms with van der Waals surface area (Å²) in [6.07, 6.45) is 21.0. The molecule has 394 valence electrons. The van der Waals surface area contributed by atoms with Crippen LogP contribution in [0.25, 0.3) is 0 Å². The average molecular weight is 969 g/mol. The molecule has 9 aliphatic carbocycles. The molecule has 10 aliphatic rings. The number of hydrogen-bond donors (Lipinski definition) is 1. The second kappa shape index (κ2) is 20.7. The highest BCUT2D eigenvalue weighted by Gasteiger charge is 2.68. The third-order valence-electron chi connectivity index (χ3n) is 20.0. The lowest BCUT2D eigenvalue weighted by atomic mass is 9.52. The molecule has 0 amide bonds. The second-order valence-corrected chi connectivity index (χ2v) is 26.7. The Morgan fingerprint density at radius 2 is 1.10 bits per heavy atom. The first-order valence-corrected chi connectivity index (χ1v) is 27.8. The van der Waals surface area contributed by atoms with Gasteiger partial charge in [0.1, 0.15) is 16.8 Å². The molecule has 1 N–H and O–H groups in total. The molecule has 1 heterocycles. The molecule has 11 nitrogen and oxygen atoms in total. The third-order valence-corrected chi connectivity index (χ3v) is 20.0. The normalized spacial score (nSPS) is 36.4. The summed E-state index contributed by atoms with van der Waals surface area (Å²) >= 11 is 0. The van der Waals surface area contributed by atoms with Crippen molar-refractivity contribution in [2.75, 3.05) is 6.61 Å². The van der Waals surface area contributed by atoms with Crippen molar-refractivity contribution < 1.29 is 52.8 Å². The van der Waals surface area contributed by atoms with Gasteiger partial charge in [0.25, 0.3) is 0 Å². The minimum atomic E-state index is -0.687. The Morgan fingerprint density at radius 3 is 1.58 bits per heavy atom. The zero-order valence-corrected chi connectivity index (χ0v) is 45.8. The maximum Gasteiger partial charge on any atom is 0.347 e. The fourth-order valence-electron chi connectivity index (χ4n) is 14.2. The van der Waals surface area contributed by atoms with Gasteiger partial charge < -0.3 is 28.8 Å². The molecule has 0 aromatic carbocycles. The van der Waals surface area contributed by atoms with Crippen LogP contribution in [-0.4, -0.2) is 70.1 Å². The number of aliphatic hydroxyl groups is 1. The van der Waals surface area contributed by atoms with Gasteiger partial charge in [0.05, 0.1) is 33.9 Å². The summed E-state index contributed by atoms with van der Waals surface area (Å²) in [5, 5.41) is 10.6. The van der Waals surface area contributed by atoms with E-state index in [0.717, 1.165) is 100 Å². The zero-order chi connectivity index (χ0) is 51.2. The first-order valence-electron chi connectivity index (χ1n) is 27.8. The summed E-state index contributed by atoms with van der Waals surface area (Å²) in [6.45, 7) is 28.2. The average Bonchev–Trinajstić information content (AvgIpc) is 4.16. The van der Waals surface area contributed by atoms with Gasteiger partial charge in [-0.15, -0.1) is 0 Å². The summed E-state index contributed by atoms with van der Waals surface area (Å²) in [5.74, 6) is 5.64. The second-order valence-electron chi connectivity index (χ2n) is 26.7. The van der Waals surface area contributed by atoms with E-state index in [1.54, 1.807) is 13.8 Å². The molecule has 10 atom stereocenters. The van der Waals surface area contributed by atoms with Gasteiger partial charge in [-0.1, -0.05) is 34.6 Å². The van der Waals surface area contributed by atoms with Crippen molar-refractivity contribution in [1.82, 2.24) is 0 Å². The van der Waals surface area contributed by atoms with E-state index in [2.05, 4.69) is 20.8 Å². The minimum Gasteiger partial charge on any atom is -0.463 e. The molecule has 0 aromatic heterocycles. The highest BCUT2D eigenvalue weighted by atomic mass is 16.6. The maximum absolute atomic E-state index is 12.7. The van der Waals surface area contributed by atoms with Gasteiger partial charge >= 0.3 is 29.8 Å². The topological polar surface area (TPSA) is 152 Å². The smallest absolute Gasteiger partial charge is 0.347 e. The van der Waals surface area contributed by atoms with Gasteiger partial charge in [-0.3, -0.25) is 19.2 Å². The lowest BCUT2D eigenvalue weighted by Gasteiger charge is -2.59. The number of esters is 5. The molecule has 1 saturated heterocycles. The van der Waals surface area contributed by atoms with Gasteiger partial charge in [-0.25, -0.2) is 4.79 Å². The van der Waals surface area contributed by atoms with Crippen LogP contribution in [0.1, 0.15) is 232 Å². The van der Waals surface area contributed by atoms with E-state index >= 15 is 0 Å². The van der Waals surface area contributed by atoms with Crippen LogP contribution in [0.4, 0.5) is 0 Å². The Balaban J connectivity index is 0.000000154. The Labute approximate surface area is 417 Å².